The molecule has 2 N–H and O–H groups in total. The van der Waals surface area contributed by atoms with Crippen LogP contribution in [0.4, 0.5) is 0 Å². The predicted octanol–water partition coefficient (Wildman–Crippen LogP) is 1.15. The third kappa shape index (κ3) is 2.61. The number of ether oxygens (including phenoxy) is 3. The molecule has 0 aromatic carbocycles. The molecule has 0 radical (unpaired) electrons. The number of methoxy groups -OCH3 is 1. The molecule has 4 rings (SSSR count). The first kappa shape index (κ1) is 17.4. The molecule has 0 amide bonds. The molecule has 26 heavy (non-hydrogen) atoms. The summed E-state index contributed by atoms with van der Waals surface area (Å²) in [5.74, 6) is -0.171. The van der Waals surface area contributed by atoms with Gasteiger partial charge in [0.25, 0.3) is 0 Å². The number of aromatic nitrogens is 3. The number of allylic oxidation sites excluding steroid dienone is 1. The highest BCUT2D eigenvalue weighted by molar-refractivity contribution is 5.84. The Bertz CT molecular complexity index is 834. The molecule has 0 aliphatic carbocycles. The molecule has 2 saturated heterocycles. The van der Waals surface area contributed by atoms with Crippen molar-refractivity contribution in [2.24, 2.45) is 0 Å². The van der Waals surface area contributed by atoms with Crippen LogP contribution >= 0.6 is 0 Å². The fourth-order valence-electron chi connectivity index (χ4n) is 4.02. The number of nitrogens with zero attached hydrogens (tertiary/aromatic N) is 3. The normalized spacial score (nSPS) is 29.8. The fraction of sp³-hybridized carbons (Fsp3) is 0.556. The minimum absolute atomic E-state index is 0.0271. The van der Waals surface area contributed by atoms with E-state index >= 15 is 0 Å². The van der Waals surface area contributed by atoms with Gasteiger partial charge in [-0.15, -0.1) is 6.58 Å². The summed E-state index contributed by atoms with van der Waals surface area (Å²) in [6.07, 6.45) is 4.89. The summed E-state index contributed by atoms with van der Waals surface area (Å²) in [6.45, 7) is 8.19. The second-order valence-corrected chi connectivity index (χ2v) is 7.10. The molecule has 2 aliphatic heterocycles. The largest absolute Gasteiger partial charge is 0.479 e. The van der Waals surface area contributed by atoms with Crippen LogP contribution in [0.25, 0.3) is 11.0 Å². The van der Waals surface area contributed by atoms with Gasteiger partial charge in [-0.25, -0.2) is 4.98 Å². The van der Waals surface area contributed by atoms with Crippen LogP contribution in [0.5, 0.6) is 5.88 Å². The minimum Gasteiger partial charge on any atom is -0.479 e. The van der Waals surface area contributed by atoms with Crippen molar-refractivity contribution in [3.63, 3.8) is 0 Å². The molecule has 140 valence electrons. The zero-order valence-corrected chi connectivity index (χ0v) is 15.2. The molecule has 0 saturated carbocycles. The highest BCUT2D eigenvalue weighted by Gasteiger charge is 2.54. The van der Waals surface area contributed by atoms with E-state index < -0.39 is 5.79 Å². The molecule has 2 aliphatic rings. The summed E-state index contributed by atoms with van der Waals surface area (Å²) < 4.78 is 19.6. The van der Waals surface area contributed by atoms with Crippen LogP contribution in [0, 0.1) is 0 Å². The minimum atomic E-state index is -0.685. The Labute approximate surface area is 151 Å². The Morgan fingerprint density at radius 2 is 2.15 bits per heavy atom. The van der Waals surface area contributed by atoms with Gasteiger partial charge in [0.15, 0.2) is 5.79 Å². The maximum atomic E-state index is 9.77. The number of fused-ring (bicyclic) bond motifs is 2. The standard InChI is InChI=1S/C18H24N4O4/c1-5-6-22-7-10(12-14(22)17(24-4)20-9-19-12)13-16-15(11(8-23)21-13)25-18(2,3)26-16/h5,7,9,11,13,15-16,21,23H,1,6,8H2,2-4H3/t11-,13+,15-,16+/m1/s1. The van der Waals surface area contributed by atoms with Gasteiger partial charge in [0.05, 0.1) is 25.8 Å². The summed E-state index contributed by atoms with van der Waals surface area (Å²) in [6, 6.07) is -0.361. The monoisotopic (exact) mass is 360 g/mol. The van der Waals surface area contributed by atoms with Gasteiger partial charge in [-0.3, -0.25) is 0 Å². The van der Waals surface area contributed by atoms with Gasteiger partial charge >= 0.3 is 0 Å². The lowest BCUT2D eigenvalue weighted by molar-refractivity contribution is -0.157. The number of hydrogen-bond acceptors (Lipinski definition) is 7. The molecular weight excluding hydrogens is 336 g/mol. The third-order valence-electron chi connectivity index (χ3n) is 4.98. The van der Waals surface area contributed by atoms with Crippen LogP contribution in [0.2, 0.25) is 0 Å². The summed E-state index contributed by atoms with van der Waals surface area (Å²) in [7, 11) is 1.59. The Morgan fingerprint density at radius 3 is 2.85 bits per heavy atom. The molecule has 2 aromatic heterocycles. The highest BCUT2D eigenvalue weighted by atomic mass is 16.8. The van der Waals surface area contributed by atoms with Gasteiger partial charge in [-0.2, -0.15) is 4.98 Å². The van der Waals surface area contributed by atoms with Crippen molar-refractivity contribution >= 4 is 11.0 Å². The van der Waals surface area contributed by atoms with Crippen LogP contribution < -0.4 is 10.1 Å². The van der Waals surface area contributed by atoms with Crippen molar-refractivity contribution in [1.29, 1.82) is 0 Å². The first-order valence-corrected chi connectivity index (χ1v) is 8.70. The zero-order valence-electron chi connectivity index (χ0n) is 15.2. The molecule has 0 unspecified atom stereocenters. The van der Waals surface area contributed by atoms with E-state index in [0.29, 0.717) is 12.4 Å². The molecular formula is C18H24N4O4. The lowest BCUT2D eigenvalue weighted by Crippen LogP contribution is -2.38. The van der Waals surface area contributed by atoms with E-state index in [1.165, 1.54) is 6.33 Å². The van der Waals surface area contributed by atoms with E-state index in [2.05, 4.69) is 21.9 Å². The molecule has 0 bridgehead atoms. The molecule has 0 spiro atoms. The SMILES string of the molecule is C=CCn1cc([C@@H]2N[C@H](CO)[C@H]3OC(C)(C)O[C@H]32)c2ncnc(OC)c21. The number of nitrogens with one attached hydrogen (secondary N) is 1. The Morgan fingerprint density at radius 1 is 1.38 bits per heavy atom. The number of hydrogen-bond donors (Lipinski definition) is 2. The van der Waals surface area contributed by atoms with Gasteiger partial charge in [0.2, 0.25) is 5.88 Å². The van der Waals surface area contributed by atoms with E-state index in [0.717, 1.165) is 16.6 Å². The molecule has 8 heteroatoms. The Kier molecular flexibility index (Phi) is 4.23. The lowest BCUT2D eigenvalue weighted by atomic mass is 10.0. The quantitative estimate of drug-likeness (QED) is 0.773. The average molecular weight is 360 g/mol. The van der Waals surface area contributed by atoms with E-state index in [4.69, 9.17) is 14.2 Å². The summed E-state index contributed by atoms with van der Waals surface area (Å²) >= 11 is 0. The van der Waals surface area contributed by atoms with Crippen molar-refractivity contribution in [3.05, 3.63) is 30.7 Å². The molecule has 4 heterocycles. The second-order valence-electron chi connectivity index (χ2n) is 7.10. The predicted molar refractivity (Wildman–Crippen MR) is 94.9 cm³/mol. The molecule has 8 nitrogen and oxygen atoms in total. The number of aliphatic hydroxyl groups excluding tert-OH is 1. The van der Waals surface area contributed by atoms with E-state index in [1.807, 2.05) is 30.7 Å². The van der Waals surface area contributed by atoms with Crippen LogP contribution in [0.3, 0.4) is 0 Å². The maximum Gasteiger partial charge on any atom is 0.241 e. The van der Waals surface area contributed by atoms with Crippen molar-refractivity contribution in [2.45, 2.75) is 50.5 Å². The van der Waals surface area contributed by atoms with Crippen molar-refractivity contribution in [3.8, 4) is 5.88 Å². The highest BCUT2D eigenvalue weighted by Crippen LogP contribution is 2.43. The van der Waals surface area contributed by atoms with Gasteiger partial charge in [0.1, 0.15) is 29.6 Å². The Balaban J connectivity index is 1.83. The van der Waals surface area contributed by atoms with Gasteiger partial charge in [-0.1, -0.05) is 6.08 Å². The van der Waals surface area contributed by atoms with Crippen LogP contribution in [0.15, 0.2) is 25.2 Å². The topological polar surface area (TPSA) is 90.7 Å². The molecule has 4 atom stereocenters. The van der Waals surface area contributed by atoms with E-state index in [-0.39, 0.29) is 30.9 Å². The summed E-state index contributed by atoms with van der Waals surface area (Å²) in [5, 5.41) is 13.2. The van der Waals surface area contributed by atoms with Crippen LogP contribution in [0.1, 0.15) is 25.5 Å². The van der Waals surface area contributed by atoms with Crippen LogP contribution in [-0.2, 0) is 16.0 Å². The van der Waals surface area contributed by atoms with Gasteiger partial charge < -0.3 is 29.2 Å². The van der Waals surface area contributed by atoms with Crippen molar-refractivity contribution in [1.82, 2.24) is 19.9 Å². The molecule has 2 fully saturated rings. The zero-order chi connectivity index (χ0) is 18.5. The second kappa shape index (κ2) is 6.31. The van der Waals surface area contributed by atoms with E-state index in [1.54, 1.807) is 7.11 Å². The summed E-state index contributed by atoms with van der Waals surface area (Å²) in [5.41, 5.74) is 2.57. The molecule has 2 aromatic rings. The maximum absolute atomic E-state index is 9.77. The Hall–Kier alpha value is -2.00. The van der Waals surface area contributed by atoms with Gasteiger partial charge in [0, 0.05) is 18.3 Å². The van der Waals surface area contributed by atoms with Gasteiger partial charge in [-0.05, 0) is 13.8 Å². The smallest absolute Gasteiger partial charge is 0.241 e. The first-order chi connectivity index (χ1) is 12.5. The van der Waals surface area contributed by atoms with Crippen molar-refractivity contribution < 1.29 is 19.3 Å². The lowest BCUT2D eigenvalue weighted by Gasteiger charge is -2.23. The fourth-order valence-corrected chi connectivity index (χ4v) is 4.02. The number of aliphatic hydroxyl groups is 1. The first-order valence-electron chi connectivity index (χ1n) is 8.70. The average Bonchev–Trinajstić information content (AvgIpc) is 3.23. The summed E-state index contributed by atoms with van der Waals surface area (Å²) in [4.78, 5) is 8.72. The van der Waals surface area contributed by atoms with Crippen LogP contribution in [-0.4, -0.2) is 57.4 Å². The van der Waals surface area contributed by atoms with E-state index in [9.17, 15) is 5.11 Å². The number of rotatable bonds is 5. The third-order valence-corrected chi connectivity index (χ3v) is 4.98. The van der Waals surface area contributed by atoms with Crippen molar-refractivity contribution in [2.75, 3.05) is 13.7 Å².